The summed E-state index contributed by atoms with van der Waals surface area (Å²) in [5, 5.41) is 3.76. The summed E-state index contributed by atoms with van der Waals surface area (Å²) in [6, 6.07) is 10.8. The largest absolute Gasteiger partial charge is 0.487 e. The molecule has 0 spiro atoms. The van der Waals surface area contributed by atoms with Crippen LogP contribution in [0.1, 0.15) is 36.2 Å². The molecule has 4 aromatic rings. The van der Waals surface area contributed by atoms with E-state index in [1.165, 1.54) is 29.2 Å². The number of anilines is 2. The van der Waals surface area contributed by atoms with Crippen molar-refractivity contribution in [3.05, 3.63) is 79.6 Å². The molecule has 0 N–H and O–H groups in total. The third-order valence-corrected chi connectivity index (χ3v) is 6.40. The maximum Gasteiger partial charge on any atom is 0.336 e. The number of carbonyl (C=O) groups excluding carboxylic acids is 1. The van der Waals surface area contributed by atoms with Crippen molar-refractivity contribution in [3.63, 3.8) is 0 Å². The Morgan fingerprint density at radius 1 is 1.21 bits per heavy atom. The van der Waals surface area contributed by atoms with E-state index in [1.807, 2.05) is 50.4 Å². The number of fused-ring (bicyclic) bond motifs is 1. The fraction of sp³-hybridized carbons (Fsp3) is 0.240. The first-order valence-electron chi connectivity index (χ1n) is 10.5. The number of hydrogen-bond acceptors (Lipinski definition) is 6. The molecule has 0 saturated carbocycles. The molecule has 170 valence electrons. The lowest BCUT2D eigenvalue weighted by Crippen LogP contribution is -2.24. The number of aryl methyl sites for hydroxylation is 3. The molecule has 0 bridgehead atoms. The summed E-state index contributed by atoms with van der Waals surface area (Å²) in [6.45, 7) is 7.56. The van der Waals surface area contributed by atoms with E-state index in [1.54, 1.807) is 6.07 Å². The van der Waals surface area contributed by atoms with Crippen LogP contribution < -0.4 is 15.3 Å². The topological polar surface area (TPSA) is 72.6 Å². The molecule has 8 heteroatoms. The molecule has 2 aromatic carbocycles. The zero-order chi connectivity index (χ0) is 23.7. The summed E-state index contributed by atoms with van der Waals surface area (Å²) in [5.41, 5.74) is 4.27. The summed E-state index contributed by atoms with van der Waals surface area (Å²) >= 11 is 7.82. The molecule has 0 unspecified atom stereocenters. The number of hydrogen-bond donors (Lipinski definition) is 0. The van der Waals surface area contributed by atoms with Gasteiger partial charge in [-0.05, 0) is 55.2 Å². The number of thiazole rings is 1. The van der Waals surface area contributed by atoms with Crippen LogP contribution in [0.25, 0.3) is 11.0 Å². The van der Waals surface area contributed by atoms with Gasteiger partial charge in [-0.1, -0.05) is 24.6 Å². The van der Waals surface area contributed by atoms with Gasteiger partial charge < -0.3 is 9.15 Å². The third kappa shape index (κ3) is 4.79. The first-order valence-corrected chi connectivity index (χ1v) is 11.7. The Morgan fingerprint density at radius 3 is 2.70 bits per heavy atom. The minimum absolute atomic E-state index is 0.179. The van der Waals surface area contributed by atoms with Crippen LogP contribution in [0.5, 0.6) is 5.75 Å². The SMILES string of the molecule is CCc1cc(=O)oc2cc(OCc3csc(N(C(C)=O)c4c(C)cc(C)cc4Cl)n3)ccc12. The molecule has 33 heavy (non-hydrogen) atoms. The smallest absolute Gasteiger partial charge is 0.336 e. The summed E-state index contributed by atoms with van der Waals surface area (Å²) in [5.74, 6) is 0.385. The standard InChI is InChI=1S/C25H23ClN2O4S/c1-5-17-10-23(30)32-22-11-19(6-7-20(17)22)31-12-18-13-33-25(27-18)28(16(4)29)24-15(3)8-14(2)9-21(24)26/h6-11,13H,5,12H2,1-4H3. The van der Waals surface area contributed by atoms with Crippen molar-refractivity contribution in [2.45, 2.75) is 40.7 Å². The van der Waals surface area contributed by atoms with Gasteiger partial charge >= 0.3 is 5.63 Å². The van der Waals surface area contributed by atoms with E-state index in [-0.39, 0.29) is 18.1 Å². The van der Waals surface area contributed by atoms with E-state index in [2.05, 4.69) is 4.98 Å². The van der Waals surface area contributed by atoms with Crippen LogP contribution in [0.3, 0.4) is 0 Å². The van der Waals surface area contributed by atoms with Gasteiger partial charge in [0.15, 0.2) is 5.13 Å². The summed E-state index contributed by atoms with van der Waals surface area (Å²) in [4.78, 5) is 30.4. The number of aromatic nitrogens is 1. The second-order valence-electron chi connectivity index (χ2n) is 7.78. The molecule has 0 aliphatic carbocycles. The molecule has 4 rings (SSSR count). The van der Waals surface area contributed by atoms with E-state index in [4.69, 9.17) is 20.8 Å². The van der Waals surface area contributed by atoms with E-state index in [0.717, 1.165) is 28.5 Å². The highest BCUT2D eigenvalue weighted by molar-refractivity contribution is 7.14. The molecule has 0 radical (unpaired) electrons. The molecular weight excluding hydrogens is 460 g/mol. The molecule has 0 atom stereocenters. The number of ether oxygens (including phenoxy) is 1. The molecule has 1 amide bonds. The first kappa shape index (κ1) is 23.0. The lowest BCUT2D eigenvalue weighted by Gasteiger charge is -2.22. The van der Waals surface area contributed by atoms with Gasteiger partial charge in [-0.2, -0.15) is 0 Å². The summed E-state index contributed by atoms with van der Waals surface area (Å²) in [6.07, 6.45) is 0.737. The molecule has 2 aromatic heterocycles. The first-order chi connectivity index (χ1) is 15.8. The molecule has 0 fully saturated rings. The monoisotopic (exact) mass is 482 g/mol. The Bertz CT molecular complexity index is 1390. The zero-order valence-corrected chi connectivity index (χ0v) is 20.3. The highest BCUT2D eigenvalue weighted by Gasteiger charge is 2.22. The predicted octanol–water partition coefficient (Wildman–Crippen LogP) is 6.35. The van der Waals surface area contributed by atoms with Crippen LogP contribution in [-0.4, -0.2) is 10.9 Å². The van der Waals surface area contributed by atoms with Gasteiger partial charge in [0, 0.05) is 29.8 Å². The van der Waals surface area contributed by atoms with Crippen LogP contribution in [-0.2, 0) is 17.8 Å². The average molecular weight is 483 g/mol. The highest BCUT2D eigenvalue weighted by atomic mass is 35.5. The van der Waals surface area contributed by atoms with Gasteiger partial charge in [-0.15, -0.1) is 11.3 Å². The van der Waals surface area contributed by atoms with Gasteiger partial charge in [-0.3, -0.25) is 9.69 Å². The molecule has 2 heterocycles. The Kier molecular flexibility index (Phi) is 6.54. The average Bonchev–Trinajstić information content (AvgIpc) is 3.21. The Morgan fingerprint density at radius 2 is 2.00 bits per heavy atom. The lowest BCUT2D eigenvalue weighted by atomic mass is 10.1. The number of halogens is 1. The van der Waals surface area contributed by atoms with Crippen LogP contribution in [0.4, 0.5) is 10.8 Å². The number of carbonyl (C=O) groups is 1. The normalized spacial score (nSPS) is 11.1. The van der Waals surface area contributed by atoms with Crippen molar-refractivity contribution in [3.8, 4) is 5.75 Å². The van der Waals surface area contributed by atoms with Gasteiger partial charge in [0.05, 0.1) is 16.4 Å². The lowest BCUT2D eigenvalue weighted by molar-refractivity contribution is -0.115. The Hall–Kier alpha value is -3.16. The van der Waals surface area contributed by atoms with Crippen molar-refractivity contribution >= 4 is 50.6 Å². The van der Waals surface area contributed by atoms with E-state index in [9.17, 15) is 9.59 Å². The van der Waals surface area contributed by atoms with Gasteiger partial charge in [0.1, 0.15) is 17.9 Å². The maximum absolute atomic E-state index is 12.5. The maximum atomic E-state index is 12.5. The van der Waals surface area contributed by atoms with Crippen LogP contribution in [0, 0.1) is 13.8 Å². The van der Waals surface area contributed by atoms with Gasteiger partial charge in [-0.25, -0.2) is 9.78 Å². The molecular formula is C25H23ClN2O4S. The van der Waals surface area contributed by atoms with Crippen molar-refractivity contribution in [1.82, 2.24) is 4.98 Å². The molecule has 0 aliphatic rings. The Balaban J connectivity index is 1.57. The van der Waals surface area contributed by atoms with Crippen molar-refractivity contribution < 1.29 is 13.9 Å². The fourth-order valence-corrected chi connectivity index (χ4v) is 5.06. The third-order valence-electron chi connectivity index (χ3n) is 5.24. The quantitative estimate of drug-likeness (QED) is 0.299. The summed E-state index contributed by atoms with van der Waals surface area (Å²) in [7, 11) is 0. The van der Waals surface area contributed by atoms with Crippen molar-refractivity contribution in [2.75, 3.05) is 4.90 Å². The molecule has 0 saturated heterocycles. The van der Waals surface area contributed by atoms with Crippen molar-refractivity contribution in [1.29, 1.82) is 0 Å². The Labute approximate surface area is 200 Å². The fourth-order valence-electron chi connectivity index (χ4n) is 3.79. The van der Waals surface area contributed by atoms with E-state index >= 15 is 0 Å². The number of amides is 1. The molecule has 0 aliphatic heterocycles. The van der Waals surface area contributed by atoms with Gasteiger partial charge in [0.2, 0.25) is 5.91 Å². The molecule has 6 nitrogen and oxygen atoms in total. The number of rotatable bonds is 6. The van der Waals surface area contributed by atoms with Crippen LogP contribution >= 0.6 is 22.9 Å². The van der Waals surface area contributed by atoms with Gasteiger partial charge in [0.25, 0.3) is 0 Å². The predicted molar refractivity (Wildman–Crippen MR) is 132 cm³/mol. The minimum atomic E-state index is -0.380. The number of nitrogens with zero attached hydrogens (tertiary/aromatic N) is 2. The van der Waals surface area contributed by atoms with E-state index < -0.39 is 0 Å². The number of benzene rings is 2. The van der Waals surface area contributed by atoms with Crippen LogP contribution in [0.2, 0.25) is 5.02 Å². The highest BCUT2D eigenvalue weighted by Crippen LogP contribution is 2.37. The van der Waals surface area contributed by atoms with E-state index in [0.29, 0.717) is 32.9 Å². The van der Waals surface area contributed by atoms with Crippen molar-refractivity contribution in [2.24, 2.45) is 0 Å². The van der Waals surface area contributed by atoms with Crippen LogP contribution in [0.15, 0.2) is 51.0 Å². The minimum Gasteiger partial charge on any atom is -0.487 e. The second kappa shape index (κ2) is 9.37. The zero-order valence-electron chi connectivity index (χ0n) is 18.8. The summed E-state index contributed by atoms with van der Waals surface area (Å²) < 4.78 is 11.2. The second-order valence-corrected chi connectivity index (χ2v) is 9.02.